The lowest BCUT2D eigenvalue weighted by molar-refractivity contribution is -0.198. The molecule has 2 saturated heterocycles. The Morgan fingerprint density at radius 3 is 2.54 bits per heavy atom. The van der Waals surface area contributed by atoms with Gasteiger partial charge in [0.1, 0.15) is 12.2 Å². The first-order chi connectivity index (χ1) is 17.3. The Hall–Kier alpha value is -0.573. The van der Waals surface area contributed by atoms with E-state index < -0.39 is 20.3 Å². The standard InChI is InChI=1S/C29H52F2O5Si/c1-7-8-9-11-16-29(30,31)25(36-37(5,6)20-28(2,3)4)15-14-21-22-18-26(32)34-24(22)19-23(21)35-27-13-10-12-17-33-27/h21-25,27H,7-20H2,1-6H3/t21-,22-,23-,24+,25?,27?/m1/s1. The molecule has 0 bridgehead atoms. The first-order valence-electron chi connectivity index (χ1n) is 14.8. The van der Waals surface area contributed by atoms with Crippen LogP contribution in [0.15, 0.2) is 0 Å². The van der Waals surface area contributed by atoms with Gasteiger partial charge in [-0.3, -0.25) is 4.79 Å². The number of carbonyl (C=O) groups excluding carboxylic acids is 1. The van der Waals surface area contributed by atoms with Crippen LogP contribution >= 0.6 is 0 Å². The predicted octanol–water partition coefficient (Wildman–Crippen LogP) is 7.87. The highest BCUT2D eigenvalue weighted by Crippen LogP contribution is 2.47. The summed E-state index contributed by atoms with van der Waals surface area (Å²) in [6, 6.07) is 0.823. The number of halogens is 2. The Labute approximate surface area is 224 Å². The van der Waals surface area contributed by atoms with Crippen molar-refractivity contribution in [1.82, 2.24) is 0 Å². The molecule has 37 heavy (non-hydrogen) atoms. The Kier molecular flexibility index (Phi) is 11.0. The molecule has 8 heteroatoms. The molecule has 0 amide bonds. The molecule has 6 atom stereocenters. The Morgan fingerprint density at radius 1 is 1.14 bits per heavy atom. The molecule has 1 aliphatic carbocycles. The van der Waals surface area contributed by atoms with E-state index in [4.69, 9.17) is 18.6 Å². The molecule has 0 N–H and O–H groups in total. The summed E-state index contributed by atoms with van der Waals surface area (Å²) in [5, 5.41) is 0. The lowest BCUT2D eigenvalue weighted by Gasteiger charge is -2.38. The molecule has 0 aromatic heterocycles. The summed E-state index contributed by atoms with van der Waals surface area (Å²) in [5.41, 5.74) is 0.0236. The Bertz CT molecular complexity index is 720. The van der Waals surface area contributed by atoms with E-state index in [1.54, 1.807) is 0 Å². The first kappa shape index (κ1) is 31.0. The summed E-state index contributed by atoms with van der Waals surface area (Å²) in [4.78, 5) is 12.1. The van der Waals surface area contributed by atoms with E-state index in [1.807, 2.05) is 0 Å². The maximum atomic E-state index is 15.7. The van der Waals surface area contributed by atoms with Gasteiger partial charge < -0.3 is 18.6 Å². The molecule has 5 nitrogen and oxygen atoms in total. The molecular formula is C29H52F2O5Si. The van der Waals surface area contributed by atoms with Crippen molar-refractivity contribution in [3.63, 3.8) is 0 Å². The van der Waals surface area contributed by atoms with Crippen LogP contribution in [0.5, 0.6) is 0 Å². The summed E-state index contributed by atoms with van der Waals surface area (Å²) in [7, 11) is -2.34. The number of ether oxygens (including phenoxy) is 3. The fourth-order valence-electron chi connectivity index (χ4n) is 6.88. The van der Waals surface area contributed by atoms with Gasteiger partial charge in [-0.25, -0.2) is 8.78 Å². The highest BCUT2D eigenvalue weighted by atomic mass is 28.4. The number of carbonyl (C=O) groups is 1. The van der Waals surface area contributed by atoms with Crippen molar-refractivity contribution in [2.24, 2.45) is 17.3 Å². The van der Waals surface area contributed by atoms with Gasteiger partial charge in [0.2, 0.25) is 0 Å². The van der Waals surface area contributed by atoms with Crippen LogP contribution in [0.3, 0.4) is 0 Å². The van der Waals surface area contributed by atoms with Crippen molar-refractivity contribution in [3.8, 4) is 0 Å². The van der Waals surface area contributed by atoms with Crippen LogP contribution in [0.2, 0.25) is 19.1 Å². The highest BCUT2D eigenvalue weighted by molar-refractivity contribution is 6.71. The van der Waals surface area contributed by atoms with Gasteiger partial charge in [-0.2, -0.15) is 0 Å². The number of fused-ring (bicyclic) bond motifs is 1. The van der Waals surface area contributed by atoms with Crippen molar-refractivity contribution < 1.29 is 32.2 Å². The van der Waals surface area contributed by atoms with E-state index in [0.717, 1.165) is 44.6 Å². The maximum absolute atomic E-state index is 15.7. The van der Waals surface area contributed by atoms with Gasteiger partial charge in [0.25, 0.3) is 5.92 Å². The van der Waals surface area contributed by atoms with Crippen molar-refractivity contribution in [3.05, 3.63) is 0 Å². The van der Waals surface area contributed by atoms with E-state index in [0.29, 0.717) is 32.3 Å². The van der Waals surface area contributed by atoms with Crippen molar-refractivity contribution in [1.29, 1.82) is 0 Å². The van der Waals surface area contributed by atoms with E-state index in [9.17, 15) is 4.79 Å². The quantitative estimate of drug-likeness (QED) is 0.126. The monoisotopic (exact) mass is 546 g/mol. The van der Waals surface area contributed by atoms with Gasteiger partial charge in [0.05, 0.1) is 12.5 Å². The number of esters is 1. The zero-order valence-corrected chi connectivity index (χ0v) is 25.2. The molecule has 2 unspecified atom stereocenters. The minimum Gasteiger partial charge on any atom is -0.462 e. The maximum Gasteiger partial charge on any atom is 0.306 e. The van der Waals surface area contributed by atoms with Crippen LogP contribution in [0.4, 0.5) is 8.78 Å². The summed E-state index contributed by atoms with van der Waals surface area (Å²) < 4.78 is 55.7. The van der Waals surface area contributed by atoms with Crippen molar-refractivity contribution >= 4 is 14.3 Å². The van der Waals surface area contributed by atoms with Gasteiger partial charge in [0, 0.05) is 25.4 Å². The molecule has 2 heterocycles. The number of hydrogen-bond donors (Lipinski definition) is 0. The van der Waals surface area contributed by atoms with Crippen LogP contribution in [-0.4, -0.2) is 51.4 Å². The van der Waals surface area contributed by atoms with Gasteiger partial charge in [-0.05, 0) is 69.0 Å². The van der Waals surface area contributed by atoms with E-state index in [2.05, 4.69) is 40.8 Å². The molecule has 0 aromatic carbocycles. The van der Waals surface area contributed by atoms with Crippen LogP contribution in [0.1, 0.15) is 105 Å². The second-order valence-corrected chi connectivity index (χ2v) is 17.6. The Balaban J connectivity index is 1.72. The fourth-order valence-corrected chi connectivity index (χ4v) is 10.6. The number of alkyl halides is 2. The van der Waals surface area contributed by atoms with Gasteiger partial charge in [-0.1, -0.05) is 47.0 Å². The molecule has 0 aromatic rings. The molecule has 216 valence electrons. The smallest absolute Gasteiger partial charge is 0.306 e. The van der Waals surface area contributed by atoms with Crippen LogP contribution in [0.25, 0.3) is 0 Å². The van der Waals surface area contributed by atoms with E-state index in [1.165, 1.54) is 0 Å². The number of unbranched alkanes of at least 4 members (excludes halogenated alkanes) is 3. The third kappa shape index (κ3) is 9.54. The third-order valence-corrected chi connectivity index (χ3v) is 11.0. The van der Waals surface area contributed by atoms with Gasteiger partial charge in [0.15, 0.2) is 14.6 Å². The van der Waals surface area contributed by atoms with E-state index >= 15 is 8.78 Å². The molecular weight excluding hydrogens is 494 g/mol. The molecule has 3 aliphatic rings. The van der Waals surface area contributed by atoms with Gasteiger partial charge >= 0.3 is 5.97 Å². The number of hydrogen-bond acceptors (Lipinski definition) is 5. The molecule has 2 aliphatic heterocycles. The first-order valence-corrected chi connectivity index (χ1v) is 17.9. The van der Waals surface area contributed by atoms with Crippen molar-refractivity contribution in [2.45, 2.75) is 154 Å². The lowest BCUT2D eigenvalue weighted by atomic mass is 9.86. The topological polar surface area (TPSA) is 54.0 Å². The average molecular weight is 547 g/mol. The van der Waals surface area contributed by atoms with Gasteiger partial charge in [-0.15, -0.1) is 0 Å². The Morgan fingerprint density at radius 2 is 1.89 bits per heavy atom. The lowest BCUT2D eigenvalue weighted by Crippen LogP contribution is -2.46. The zero-order valence-electron chi connectivity index (χ0n) is 24.2. The van der Waals surface area contributed by atoms with E-state index in [-0.39, 0.29) is 54.6 Å². The molecule has 1 saturated carbocycles. The molecule has 3 rings (SSSR count). The number of rotatable bonds is 14. The largest absolute Gasteiger partial charge is 0.462 e. The third-order valence-electron chi connectivity index (χ3n) is 8.13. The zero-order chi connectivity index (χ0) is 27.3. The molecule has 0 spiro atoms. The second kappa shape index (κ2) is 13.2. The molecule has 3 fully saturated rings. The summed E-state index contributed by atoms with van der Waals surface area (Å²) in [5.74, 6) is -3.03. The van der Waals surface area contributed by atoms with Crippen molar-refractivity contribution in [2.75, 3.05) is 6.61 Å². The van der Waals surface area contributed by atoms with Crippen LogP contribution < -0.4 is 0 Å². The normalized spacial score (nSPS) is 29.8. The summed E-state index contributed by atoms with van der Waals surface area (Å²) in [6.45, 7) is 13.4. The van der Waals surface area contributed by atoms with Crippen LogP contribution in [0, 0.1) is 17.3 Å². The minimum absolute atomic E-state index is 0.00337. The second-order valence-electron chi connectivity index (χ2n) is 13.5. The minimum atomic E-state index is -2.88. The summed E-state index contributed by atoms with van der Waals surface area (Å²) in [6.07, 6.45) is 6.30. The SMILES string of the molecule is CCCCCCC(F)(F)C(CC[C@@H]1[C@H]2CC(=O)O[C@H]2C[C@H]1OC1CCCCO1)O[Si](C)(C)CC(C)(C)C. The highest BCUT2D eigenvalue weighted by Gasteiger charge is 2.52. The fraction of sp³-hybridized carbons (Fsp3) is 0.966. The van der Waals surface area contributed by atoms with Crippen LogP contribution in [-0.2, 0) is 23.4 Å². The average Bonchev–Trinajstić information content (AvgIpc) is 3.28. The predicted molar refractivity (Wildman–Crippen MR) is 144 cm³/mol. The summed E-state index contributed by atoms with van der Waals surface area (Å²) >= 11 is 0. The molecule has 0 radical (unpaired) electrons.